The molecule has 0 aromatic carbocycles. The summed E-state index contributed by atoms with van der Waals surface area (Å²) in [6.45, 7) is 13.3. The molecular formula is C12H22N2. The topological polar surface area (TPSA) is 6.48 Å². The van der Waals surface area contributed by atoms with Gasteiger partial charge in [-0.15, -0.1) is 0 Å². The van der Waals surface area contributed by atoms with E-state index < -0.39 is 0 Å². The lowest BCUT2D eigenvalue weighted by molar-refractivity contribution is 0.143. The van der Waals surface area contributed by atoms with Crippen LogP contribution in [0.2, 0.25) is 0 Å². The van der Waals surface area contributed by atoms with Crippen molar-refractivity contribution in [3.05, 3.63) is 0 Å². The zero-order chi connectivity index (χ0) is 10.6. The fourth-order valence-electron chi connectivity index (χ4n) is 1.57. The van der Waals surface area contributed by atoms with Crippen LogP contribution in [0.1, 0.15) is 27.7 Å². The van der Waals surface area contributed by atoms with Gasteiger partial charge in [-0.25, -0.2) is 0 Å². The van der Waals surface area contributed by atoms with Gasteiger partial charge in [0, 0.05) is 44.2 Å². The molecule has 0 aromatic rings. The summed E-state index contributed by atoms with van der Waals surface area (Å²) in [4.78, 5) is 4.76. The van der Waals surface area contributed by atoms with Crippen LogP contribution >= 0.6 is 0 Å². The van der Waals surface area contributed by atoms with Gasteiger partial charge in [-0.2, -0.15) is 0 Å². The highest BCUT2D eigenvalue weighted by molar-refractivity contribution is 5.02. The zero-order valence-electron chi connectivity index (χ0n) is 9.88. The molecule has 0 N–H and O–H groups in total. The Kier molecular flexibility index (Phi) is 4.28. The lowest BCUT2D eigenvalue weighted by Crippen LogP contribution is -2.47. The molecule has 0 aliphatic carbocycles. The highest BCUT2D eigenvalue weighted by Crippen LogP contribution is 2.04. The van der Waals surface area contributed by atoms with Crippen molar-refractivity contribution < 1.29 is 0 Å². The van der Waals surface area contributed by atoms with E-state index >= 15 is 0 Å². The Morgan fingerprint density at radius 3 is 1.93 bits per heavy atom. The van der Waals surface area contributed by atoms with E-state index in [1.54, 1.807) is 0 Å². The smallest absolute Gasteiger partial charge is 0.0388 e. The normalized spacial score (nSPS) is 18.6. The Hall–Kier alpha value is -0.680. The molecule has 0 bridgehead atoms. The minimum Gasteiger partial charge on any atom is -0.330 e. The van der Waals surface area contributed by atoms with E-state index in [1.807, 2.05) is 0 Å². The van der Waals surface area contributed by atoms with Gasteiger partial charge in [0.05, 0.1) is 0 Å². The second-order valence-corrected chi connectivity index (χ2v) is 4.53. The van der Waals surface area contributed by atoms with Crippen molar-refractivity contribution in [3.63, 3.8) is 0 Å². The van der Waals surface area contributed by atoms with Crippen molar-refractivity contribution >= 4 is 0 Å². The number of piperazine rings is 1. The molecule has 0 amide bonds. The van der Waals surface area contributed by atoms with Gasteiger partial charge in [0.25, 0.3) is 0 Å². The quantitative estimate of drug-likeness (QED) is 0.585. The minimum atomic E-state index is 0.484. The Labute approximate surface area is 88.3 Å². The fraction of sp³-hybridized carbons (Fsp3) is 0.833. The van der Waals surface area contributed by atoms with Crippen molar-refractivity contribution in [1.29, 1.82) is 0 Å². The summed E-state index contributed by atoms with van der Waals surface area (Å²) in [6.07, 6.45) is 0. The molecule has 0 atom stereocenters. The lowest BCUT2D eigenvalue weighted by atomic mass is 10.2. The molecular weight excluding hydrogens is 172 g/mol. The highest BCUT2D eigenvalue weighted by atomic mass is 15.3. The molecule has 0 unspecified atom stereocenters. The van der Waals surface area contributed by atoms with Crippen LogP contribution in [-0.4, -0.2) is 42.0 Å². The van der Waals surface area contributed by atoms with Crippen molar-refractivity contribution in [2.45, 2.75) is 33.7 Å². The largest absolute Gasteiger partial charge is 0.330 e. The minimum absolute atomic E-state index is 0.484. The summed E-state index contributed by atoms with van der Waals surface area (Å²) >= 11 is 0. The van der Waals surface area contributed by atoms with Crippen LogP contribution in [-0.2, 0) is 0 Å². The third-order valence-corrected chi connectivity index (χ3v) is 2.56. The monoisotopic (exact) mass is 194 g/mol. The summed E-state index contributed by atoms with van der Waals surface area (Å²) in [5.74, 6) is 3.70. The summed E-state index contributed by atoms with van der Waals surface area (Å²) in [5.41, 5.74) is 0. The Bertz CT molecular complexity index is 214. The predicted octanol–water partition coefficient (Wildman–Crippen LogP) is 1.63. The van der Waals surface area contributed by atoms with Crippen LogP contribution < -0.4 is 0 Å². The summed E-state index contributed by atoms with van der Waals surface area (Å²) in [7, 11) is 0. The van der Waals surface area contributed by atoms with E-state index in [9.17, 15) is 0 Å². The molecule has 80 valence electrons. The second kappa shape index (κ2) is 5.26. The van der Waals surface area contributed by atoms with E-state index in [1.165, 1.54) is 0 Å². The van der Waals surface area contributed by atoms with Crippen molar-refractivity contribution in [2.24, 2.45) is 5.92 Å². The fourth-order valence-corrected chi connectivity index (χ4v) is 1.57. The van der Waals surface area contributed by atoms with Gasteiger partial charge in [-0.05, 0) is 13.8 Å². The van der Waals surface area contributed by atoms with Gasteiger partial charge in [0.2, 0.25) is 0 Å². The third-order valence-electron chi connectivity index (χ3n) is 2.56. The summed E-state index contributed by atoms with van der Waals surface area (Å²) < 4.78 is 0. The van der Waals surface area contributed by atoms with Gasteiger partial charge >= 0.3 is 0 Å². The van der Waals surface area contributed by atoms with Crippen LogP contribution in [0.4, 0.5) is 0 Å². The Morgan fingerprint density at radius 2 is 1.50 bits per heavy atom. The van der Waals surface area contributed by atoms with Crippen LogP contribution in [0, 0.1) is 17.9 Å². The maximum absolute atomic E-state index is 3.24. The molecule has 1 saturated heterocycles. The summed E-state index contributed by atoms with van der Waals surface area (Å²) in [6, 6.07) is 3.91. The van der Waals surface area contributed by atoms with Gasteiger partial charge in [0.1, 0.15) is 0 Å². The molecule has 2 heteroatoms. The maximum Gasteiger partial charge on any atom is 0.0388 e. The van der Waals surface area contributed by atoms with Gasteiger partial charge in [0.15, 0.2) is 0 Å². The number of hydrogen-bond acceptors (Lipinski definition) is 2. The molecule has 1 fully saturated rings. The van der Waals surface area contributed by atoms with Crippen LogP contribution in [0.5, 0.6) is 0 Å². The number of hydrogen-bond donors (Lipinski definition) is 0. The first kappa shape index (κ1) is 11.4. The van der Waals surface area contributed by atoms with E-state index in [0.29, 0.717) is 12.0 Å². The molecule has 0 radical (unpaired) electrons. The molecule has 14 heavy (non-hydrogen) atoms. The predicted molar refractivity (Wildman–Crippen MR) is 60.9 cm³/mol. The van der Waals surface area contributed by atoms with Crippen LogP contribution in [0.3, 0.4) is 0 Å². The molecule has 1 aliphatic heterocycles. The van der Waals surface area contributed by atoms with E-state index in [-0.39, 0.29) is 0 Å². The summed E-state index contributed by atoms with van der Waals surface area (Å²) in [5, 5.41) is 0. The average molecular weight is 194 g/mol. The van der Waals surface area contributed by atoms with Gasteiger partial charge in [-0.1, -0.05) is 19.8 Å². The Balaban J connectivity index is 2.33. The molecule has 0 saturated carbocycles. The van der Waals surface area contributed by atoms with Gasteiger partial charge in [-0.3, -0.25) is 4.90 Å². The van der Waals surface area contributed by atoms with Crippen LogP contribution in [0.15, 0.2) is 0 Å². The maximum atomic E-state index is 3.24. The van der Waals surface area contributed by atoms with E-state index in [4.69, 9.17) is 0 Å². The van der Waals surface area contributed by atoms with E-state index in [2.05, 4.69) is 49.5 Å². The molecule has 0 aromatic heterocycles. The first-order valence-corrected chi connectivity index (χ1v) is 5.59. The van der Waals surface area contributed by atoms with Crippen molar-refractivity contribution in [1.82, 2.24) is 9.80 Å². The third kappa shape index (κ3) is 3.59. The van der Waals surface area contributed by atoms with Crippen molar-refractivity contribution in [2.75, 3.05) is 26.2 Å². The molecule has 1 aliphatic rings. The van der Waals surface area contributed by atoms with E-state index in [0.717, 1.165) is 26.2 Å². The molecule has 1 heterocycles. The standard InChI is InChI=1S/C12H22N2/c1-11(2)5-6-13-7-9-14(10-8-13)12(3)4/h11-12H,7-10H2,1-4H3. The second-order valence-electron chi connectivity index (χ2n) is 4.53. The first-order valence-electron chi connectivity index (χ1n) is 5.59. The molecule has 1 rings (SSSR count). The first-order chi connectivity index (χ1) is 6.59. The molecule has 2 nitrogen and oxygen atoms in total. The lowest BCUT2D eigenvalue weighted by Gasteiger charge is -2.35. The number of rotatable bonds is 1. The van der Waals surface area contributed by atoms with Crippen LogP contribution in [0.25, 0.3) is 0 Å². The zero-order valence-corrected chi connectivity index (χ0v) is 9.88. The SMILES string of the molecule is CC(C)C#CN1CCN(C(C)C)CC1. The van der Waals surface area contributed by atoms with Gasteiger partial charge < -0.3 is 4.90 Å². The molecule has 0 spiro atoms. The Morgan fingerprint density at radius 1 is 0.929 bits per heavy atom. The van der Waals surface area contributed by atoms with Crippen molar-refractivity contribution in [3.8, 4) is 12.0 Å². The highest BCUT2D eigenvalue weighted by Gasteiger charge is 2.16. The average Bonchev–Trinajstić information content (AvgIpc) is 2.15. The number of nitrogens with zero attached hydrogens (tertiary/aromatic N) is 2.